The predicted molar refractivity (Wildman–Crippen MR) is 189 cm³/mol. The number of hydrogen-bond donors (Lipinski definition) is 4. The summed E-state index contributed by atoms with van der Waals surface area (Å²) in [5, 5.41) is 45.9. The molecular weight excluding hydrogens is 616 g/mol. The average Bonchev–Trinajstić information content (AvgIpc) is 3.58. The van der Waals surface area contributed by atoms with Crippen LogP contribution >= 0.6 is 0 Å². The van der Waals surface area contributed by atoms with Crippen LogP contribution in [0.15, 0.2) is 95.6 Å². The van der Waals surface area contributed by atoms with Crippen molar-refractivity contribution in [1.29, 1.82) is 0 Å². The van der Waals surface area contributed by atoms with E-state index < -0.39 is 0 Å². The van der Waals surface area contributed by atoms with Gasteiger partial charge < -0.3 is 34.3 Å². The van der Waals surface area contributed by atoms with Gasteiger partial charge in [-0.05, 0) is 107 Å². The molecule has 0 spiro atoms. The predicted octanol–water partition coefficient (Wildman–Crippen LogP) is 10.2. The molecule has 9 rings (SSSR count). The molecule has 0 unspecified atom stereocenters. The monoisotopic (exact) mass is 648 g/mol. The first-order chi connectivity index (χ1) is 23.9. The topological polar surface area (TPSA) is 113 Å². The molecule has 0 atom stereocenters. The molecule has 7 aromatic rings. The lowest BCUT2D eigenvalue weighted by molar-refractivity contribution is 0.298. The SMILES string of the molecule is CCCCc1c2c(cc3ccc(O)cc13)-c1cc(-c3coc(-c4c5c(cc6ccc(O)cc46)-c4ccc(O)cc4CO5)c3)c(O)cc1CO2. The Labute approximate surface area is 281 Å². The zero-order valence-electron chi connectivity index (χ0n) is 26.7. The van der Waals surface area contributed by atoms with Crippen molar-refractivity contribution >= 4 is 21.5 Å². The number of phenolic OH excluding ortho intramolecular Hbond substituents is 4. The maximum Gasteiger partial charge on any atom is 0.139 e. The van der Waals surface area contributed by atoms with Crippen LogP contribution in [0.5, 0.6) is 34.5 Å². The number of aromatic hydroxyl groups is 4. The van der Waals surface area contributed by atoms with Gasteiger partial charge in [0.2, 0.25) is 0 Å². The van der Waals surface area contributed by atoms with Gasteiger partial charge in [-0.25, -0.2) is 0 Å². The fourth-order valence-corrected chi connectivity index (χ4v) is 7.47. The van der Waals surface area contributed by atoms with Gasteiger partial charge >= 0.3 is 0 Å². The minimum absolute atomic E-state index is 0.109. The lowest BCUT2D eigenvalue weighted by Crippen LogP contribution is -2.09. The van der Waals surface area contributed by atoms with Gasteiger partial charge in [0.05, 0.1) is 11.8 Å². The fraction of sp³-hybridized carbons (Fsp3) is 0.143. The Hall–Kier alpha value is -6.08. The zero-order valence-corrected chi connectivity index (χ0v) is 26.7. The molecule has 0 radical (unpaired) electrons. The molecule has 3 heterocycles. The van der Waals surface area contributed by atoms with Crippen LogP contribution in [0.3, 0.4) is 0 Å². The van der Waals surface area contributed by atoms with Crippen molar-refractivity contribution in [3.8, 4) is 79.2 Å². The molecule has 6 aromatic carbocycles. The molecule has 0 saturated heterocycles. The molecule has 0 aliphatic carbocycles. The smallest absolute Gasteiger partial charge is 0.139 e. The van der Waals surface area contributed by atoms with Crippen molar-refractivity contribution in [3.05, 3.63) is 108 Å². The molecule has 7 heteroatoms. The van der Waals surface area contributed by atoms with E-state index in [0.29, 0.717) is 34.8 Å². The summed E-state index contributed by atoms with van der Waals surface area (Å²) in [7, 11) is 0. The highest BCUT2D eigenvalue weighted by Crippen LogP contribution is 2.51. The molecule has 2 aliphatic rings. The van der Waals surface area contributed by atoms with E-state index in [0.717, 1.165) is 85.5 Å². The van der Waals surface area contributed by atoms with Gasteiger partial charge in [-0.3, -0.25) is 0 Å². The third-order valence-electron chi connectivity index (χ3n) is 9.83. The quantitative estimate of drug-likeness (QED) is 0.147. The van der Waals surface area contributed by atoms with Crippen LogP contribution in [-0.4, -0.2) is 20.4 Å². The van der Waals surface area contributed by atoms with E-state index in [1.807, 2.05) is 42.5 Å². The number of benzene rings is 6. The number of ether oxygens (including phenoxy) is 2. The number of rotatable bonds is 5. The third-order valence-corrected chi connectivity index (χ3v) is 9.83. The van der Waals surface area contributed by atoms with E-state index in [1.165, 1.54) is 0 Å². The van der Waals surface area contributed by atoms with Gasteiger partial charge in [0.15, 0.2) is 0 Å². The molecule has 2 aliphatic heterocycles. The minimum atomic E-state index is 0.109. The molecule has 1 aromatic heterocycles. The first-order valence-electron chi connectivity index (χ1n) is 16.5. The fourth-order valence-electron chi connectivity index (χ4n) is 7.47. The van der Waals surface area contributed by atoms with Gasteiger partial charge in [0.25, 0.3) is 0 Å². The van der Waals surface area contributed by atoms with E-state index in [1.54, 1.807) is 42.7 Å². The maximum absolute atomic E-state index is 11.3. The van der Waals surface area contributed by atoms with Crippen LogP contribution in [-0.2, 0) is 19.6 Å². The van der Waals surface area contributed by atoms with Crippen molar-refractivity contribution in [2.75, 3.05) is 0 Å². The molecular formula is C42H32O7. The first kappa shape index (κ1) is 29.1. The number of aryl methyl sites for hydroxylation is 1. The average molecular weight is 649 g/mol. The van der Waals surface area contributed by atoms with Gasteiger partial charge in [0, 0.05) is 44.3 Å². The van der Waals surface area contributed by atoms with E-state index in [9.17, 15) is 20.4 Å². The van der Waals surface area contributed by atoms with Crippen LogP contribution < -0.4 is 9.47 Å². The number of furan rings is 1. The van der Waals surface area contributed by atoms with Crippen molar-refractivity contribution in [2.24, 2.45) is 0 Å². The van der Waals surface area contributed by atoms with Crippen LogP contribution in [0.1, 0.15) is 36.5 Å². The van der Waals surface area contributed by atoms with E-state index >= 15 is 0 Å². The number of unbranched alkanes of at least 4 members (excludes halogenated alkanes) is 1. The lowest BCUT2D eigenvalue weighted by Gasteiger charge is -2.26. The molecule has 7 nitrogen and oxygen atoms in total. The molecule has 0 bridgehead atoms. The Kier molecular flexibility index (Phi) is 6.52. The van der Waals surface area contributed by atoms with Crippen molar-refractivity contribution < 1.29 is 34.3 Å². The zero-order chi connectivity index (χ0) is 33.4. The molecule has 0 amide bonds. The second-order valence-electron chi connectivity index (χ2n) is 12.9. The molecule has 242 valence electrons. The number of phenols is 4. The van der Waals surface area contributed by atoms with E-state index in [-0.39, 0.29) is 29.6 Å². The van der Waals surface area contributed by atoms with Crippen molar-refractivity contribution in [2.45, 2.75) is 39.4 Å². The van der Waals surface area contributed by atoms with E-state index in [2.05, 4.69) is 13.0 Å². The Morgan fingerprint density at radius 1 is 0.592 bits per heavy atom. The van der Waals surface area contributed by atoms with Gasteiger partial charge in [-0.2, -0.15) is 0 Å². The summed E-state index contributed by atoms with van der Waals surface area (Å²) in [5.41, 5.74) is 8.57. The Morgan fingerprint density at radius 3 is 2.02 bits per heavy atom. The summed E-state index contributed by atoms with van der Waals surface area (Å²) in [6, 6.07) is 25.7. The van der Waals surface area contributed by atoms with Gasteiger partial charge in [-0.15, -0.1) is 0 Å². The lowest BCUT2D eigenvalue weighted by atomic mass is 9.87. The highest BCUT2D eigenvalue weighted by Gasteiger charge is 2.28. The summed E-state index contributed by atoms with van der Waals surface area (Å²) < 4.78 is 19.0. The Balaban J connectivity index is 1.20. The number of hydrogen-bond acceptors (Lipinski definition) is 7. The second-order valence-corrected chi connectivity index (χ2v) is 12.9. The summed E-state index contributed by atoms with van der Waals surface area (Å²) in [6.07, 6.45) is 4.48. The van der Waals surface area contributed by atoms with Crippen LogP contribution in [0.4, 0.5) is 0 Å². The van der Waals surface area contributed by atoms with Gasteiger partial charge in [0.1, 0.15) is 53.5 Å². The highest BCUT2D eigenvalue weighted by atomic mass is 16.5. The van der Waals surface area contributed by atoms with Crippen LogP contribution in [0.2, 0.25) is 0 Å². The molecule has 4 N–H and O–H groups in total. The summed E-state index contributed by atoms with van der Waals surface area (Å²) in [6.45, 7) is 2.74. The largest absolute Gasteiger partial charge is 0.508 e. The summed E-state index contributed by atoms with van der Waals surface area (Å²) >= 11 is 0. The van der Waals surface area contributed by atoms with Gasteiger partial charge in [-0.1, -0.05) is 31.5 Å². The first-order valence-corrected chi connectivity index (χ1v) is 16.5. The Bertz CT molecular complexity index is 2490. The Morgan fingerprint density at radius 2 is 1.24 bits per heavy atom. The van der Waals surface area contributed by atoms with Crippen LogP contribution in [0.25, 0.3) is 66.2 Å². The molecule has 0 fully saturated rings. The highest BCUT2D eigenvalue weighted by molar-refractivity contribution is 6.05. The normalized spacial score (nSPS) is 12.9. The third kappa shape index (κ3) is 4.65. The van der Waals surface area contributed by atoms with Crippen LogP contribution in [0, 0.1) is 0 Å². The number of fused-ring (bicyclic) bond motifs is 8. The molecule has 49 heavy (non-hydrogen) atoms. The summed E-state index contributed by atoms with van der Waals surface area (Å²) in [4.78, 5) is 0. The molecule has 0 saturated carbocycles. The summed E-state index contributed by atoms with van der Waals surface area (Å²) in [5.74, 6) is 2.59. The van der Waals surface area contributed by atoms with Crippen molar-refractivity contribution in [3.63, 3.8) is 0 Å². The van der Waals surface area contributed by atoms with E-state index in [4.69, 9.17) is 13.9 Å². The minimum Gasteiger partial charge on any atom is -0.508 e. The standard InChI is InChI=1S/C42H32O7/c1-2-3-4-31-32-16-28(44)7-5-22(32)12-37-33-18-34(38(46)14-25(33)21-48-41(31)37)26-15-39(47-19-26)40-35-17-29(45)8-6-23(35)13-36-30-10-9-27(43)11-24(30)20-49-42(36)40/h5-19,43-46H,2-4,20-21H2,1H3. The van der Waals surface area contributed by atoms with Crippen molar-refractivity contribution in [1.82, 2.24) is 0 Å². The maximum atomic E-state index is 11.3. The second kappa shape index (κ2) is 11.0.